The van der Waals surface area contributed by atoms with Gasteiger partial charge in [0.2, 0.25) is 5.76 Å². The molecule has 0 aliphatic heterocycles. The second-order valence-electron chi connectivity index (χ2n) is 5.21. The van der Waals surface area contributed by atoms with Crippen LogP contribution in [0.3, 0.4) is 0 Å². The van der Waals surface area contributed by atoms with Crippen molar-refractivity contribution in [1.82, 2.24) is 10.5 Å². The number of nitrogens with two attached hydrogens (primary N) is 1. The number of hydrogen-bond donors (Lipinski definition) is 2. The largest absolute Gasteiger partial charge is 0.399 e. The second-order valence-corrected chi connectivity index (χ2v) is 5.21. The first-order valence-corrected chi connectivity index (χ1v) is 6.75. The minimum Gasteiger partial charge on any atom is -0.399 e. The maximum Gasteiger partial charge on any atom is 0.290 e. The molecule has 0 bridgehead atoms. The second kappa shape index (κ2) is 5.00. The molecule has 5 nitrogen and oxygen atoms in total. The highest BCUT2D eigenvalue weighted by Gasteiger charge is 2.24. The van der Waals surface area contributed by atoms with Gasteiger partial charge in [-0.25, -0.2) is 0 Å². The summed E-state index contributed by atoms with van der Waals surface area (Å²) in [5, 5.41) is 6.66. The van der Waals surface area contributed by atoms with E-state index in [1.807, 2.05) is 18.2 Å². The summed E-state index contributed by atoms with van der Waals surface area (Å²) in [6.45, 7) is 1.81. The summed E-state index contributed by atoms with van der Waals surface area (Å²) in [5.41, 5.74) is 9.69. The van der Waals surface area contributed by atoms with Crippen molar-refractivity contribution in [3.05, 3.63) is 46.8 Å². The van der Waals surface area contributed by atoms with Crippen LogP contribution in [0.1, 0.15) is 46.1 Å². The predicted molar refractivity (Wildman–Crippen MR) is 75.2 cm³/mol. The molecule has 3 N–H and O–H groups in total. The van der Waals surface area contributed by atoms with Crippen LogP contribution >= 0.6 is 0 Å². The maximum absolute atomic E-state index is 12.2. The topological polar surface area (TPSA) is 81.2 Å². The number of rotatable bonds is 2. The summed E-state index contributed by atoms with van der Waals surface area (Å²) < 4.78 is 4.99. The average molecular weight is 271 g/mol. The number of nitrogens with zero attached hydrogens (tertiary/aromatic N) is 1. The van der Waals surface area contributed by atoms with Crippen LogP contribution in [-0.4, -0.2) is 11.1 Å². The molecule has 104 valence electrons. The van der Waals surface area contributed by atoms with Crippen LogP contribution in [0.4, 0.5) is 5.69 Å². The van der Waals surface area contributed by atoms with Crippen molar-refractivity contribution in [2.75, 3.05) is 5.73 Å². The van der Waals surface area contributed by atoms with E-state index in [1.165, 1.54) is 5.56 Å². The number of nitrogen functional groups attached to an aromatic ring is 1. The number of benzene rings is 1. The Balaban J connectivity index is 1.83. The third-order valence-electron chi connectivity index (χ3n) is 3.74. The van der Waals surface area contributed by atoms with Crippen LogP contribution in [0.5, 0.6) is 0 Å². The number of carbonyl (C=O) groups is 1. The molecular formula is C15H17N3O2. The Kier molecular flexibility index (Phi) is 3.18. The molecule has 1 aliphatic rings. The first-order chi connectivity index (χ1) is 9.65. The maximum atomic E-state index is 12.2. The Morgan fingerprint density at radius 3 is 3.10 bits per heavy atom. The van der Waals surface area contributed by atoms with Gasteiger partial charge in [-0.1, -0.05) is 11.2 Å². The highest BCUT2D eigenvalue weighted by Crippen LogP contribution is 2.31. The van der Waals surface area contributed by atoms with Crippen LogP contribution in [0.25, 0.3) is 0 Å². The number of anilines is 1. The molecule has 20 heavy (non-hydrogen) atoms. The van der Waals surface area contributed by atoms with Gasteiger partial charge in [-0.3, -0.25) is 4.79 Å². The van der Waals surface area contributed by atoms with Crippen molar-refractivity contribution >= 4 is 11.6 Å². The van der Waals surface area contributed by atoms with Gasteiger partial charge in [-0.05, 0) is 49.4 Å². The fourth-order valence-corrected chi connectivity index (χ4v) is 2.72. The number of amides is 1. The van der Waals surface area contributed by atoms with E-state index in [0.29, 0.717) is 0 Å². The lowest BCUT2D eigenvalue weighted by molar-refractivity contribution is 0.0894. The molecule has 1 heterocycles. The molecule has 0 saturated heterocycles. The van der Waals surface area contributed by atoms with E-state index in [2.05, 4.69) is 10.5 Å². The minimum absolute atomic E-state index is 0.0105. The minimum atomic E-state index is -0.213. The smallest absolute Gasteiger partial charge is 0.290 e. The molecular weight excluding hydrogens is 254 g/mol. The van der Waals surface area contributed by atoms with E-state index in [4.69, 9.17) is 10.3 Å². The molecule has 1 aromatic carbocycles. The fourth-order valence-electron chi connectivity index (χ4n) is 2.72. The van der Waals surface area contributed by atoms with Crippen LogP contribution in [0.2, 0.25) is 0 Å². The van der Waals surface area contributed by atoms with Crippen LogP contribution in [0.15, 0.2) is 28.9 Å². The zero-order valence-corrected chi connectivity index (χ0v) is 11.3. The van der Waals surface area contributed by atoms with Crippen molar-refractivity contribution in [3.8, 4) is 0 Å². The molecule has 1 aliphatic carbocycles. The van der Waals surface area contributed by atoms with Gasteiger partial charge < -0.3 is 15.6 Å². The Hall–Kier alpha value is -2.30. The summed E-state index contributed by atoms with van der Waals surface area (Å²) >= 11 is 0. The standard InChI is InChI=1S/C15H17N3O2/c1-9-8-17-20-14(9)15(19)18-13-4-2-3-10-7-11(16)5-6-12(10)13/h5-8,13H,2-4,16H2,1H3,(H,18,19). The Bertz CT molecular complexity index is 648. The summed E-state index contributed by atoms with van der Waals surface area (Å²) in [7, 11) is 0. The molecule has 5 heteroatoms. The zero-order valence-electron chi connectivity index (χ0n) is 11.3. The summed E-state index contributed by atoms with van der Waals surface area (Å²) in [5.74, 6) is 0.0715. The highest BCUT2D eigenvalue weighted by atomic mass is 16.5. The van der Waals surface area contributed by atoms with E-state index in [1.54, 1.807) is 13.1 Å². The third kappa shape index (κ3) is 2.27. The molecule has 1 amide bonds. The number of nitrogens with one attached hydrogen (secondary N) is 1. The molecule has 0 spiro atoms. The molecule has 3 rings (SSSR count). The number of aryl methyl sites for hydroxylation is 2. The summed E-state index contributed by atoms with van der Waals surface area (Å²) in [6.07, 6.45) is 4.52. The van der Waals surface area contributed by atoms with Gasteiger partial charge in [-0.2, -0.15) is 0 Å². The highest BCUT2D eigenvalue weighted by molar-refractivity contribution is 5.92. The van der Waals surface area contributed by atoms with Crippen LogP contribution in [-0.2, 0) is 6.42 Å². The lowest BCUT2D eigenvalue weighted by Crippen LogP contribution is -2.31. The van der Waals surface area contributed by atoms with Gasteiger partial charge in [0.15, 0.2) is 0 Å². The first-order valence-electron chi connectivity index (χ1n) is 6.75. The first kappa shape index (κ1) is 12.7. The lowest BCUT2D eigenvalue weighted by Gasteiger charge is -2.26. The number of carbonyl (C=O) groups excluding carboxylic acids is 1. The monoisotopic (exact) mass is 271 g/mol. The van der Waals surface area contributed by atoms with Crippen molar-refractivity contribution in [3.63, 3.8) is 0 Å². The fraction of sp³-hybridized carbons (Fsp3) is 0.333. The van der Waals surface area contributed by atoms with E-state index in [0.717, 1.165) is 36.1 Å². The third-order valence-corrected chi connectivity index (χ3v) is 3.74. The lowest BCUT2D eigenvalue weighted by atomic mass is 9.87. The molecule has 0 radical (unpaired) electrons. The molecule has 1 atom stereocenters. The molecule has 1 aromatic heterocycles. The average Bonchev–Trinajstić information content (AvgIpc) is 2.85. The predicted octanol–water partition coefficient (Wildman–Crippen LogP) is 2.37. The molecule has 0 saturated carbocycles. The van der Waals surface area contributed by atoms with E-state index < -0.39 is 0 Å². The van der Waals surface area contributed by atoms with Crippen molar-refractivity contribution in [1.29, 1.82) is 0 Å². The SMILES string of the molecule is Cc1cnoc1C(=O)NC1CCCc2cc(N)ccc21. The van der Waals surface area contributed by atoms with E-state index in [9.17, 15) is 4.79 Å². The van der Waals surface area contributed by atoms with Crippen LogP contribution in [0, 0.1) is 6.92 Å². The van der Waals surface area contributed by atoms with Gasteiger partial charge >= 0.3 is 0 Å². The Morgan fingerprint density at radius 2 is 2.35 bits per heavy atom. The molecule has 2 aromatic rings. The van der Waals surface area contributed by atoms with Gasteiger partial charge in [0, 0.05) is 11.3 Å². The van der Waals surface area contributed by atoms with E-state index in [-0.39, 0.29) is 17.7 Å². The van der Waals surface area contributed by atoms with Gasteiger partial charge in [-0.15, -0.1) is 0 Å². The summed E-state index contributed by atoms with van der Waals surface area (Å²) in [6, 6.07) is 5.88. The number of hydrogen-bond acceptors (Lipinski definition) is 4. The van der Waals surface area contributed by atoms with Crippen LogP contribution < -0.4 is 11.1 Å². The number of aromatic nitrogens is 1. The zero-order chi connectivity index (χ0) is 14.1. The van der Waals surface area contributed by atoms with Gasteiger partial charge in [0.05, 0.1) is 12.2 Å². The van der Waals surface area contributed by atoms with Crippen molar-refractivity contribution in [2.45, 2.75) is 32.2 Å². The quantitative estimate of drug-likeness (QED) is 0.822. The normalized spacial score (nSPS) is 17.6. The summed E-state index contributed by atoms with van der Waals surface area (Å²) in [4.78, 5) is 12.2. The van der Waals surface area contributed by atoms with Gasteiger partial charge in [0.25, 0.3) is 5.91 Å². The molecule has 0 fully saturated rings. The number of fused-ring (bicyclic) bond motifs is 1. The van der Waals surface area contributed by atoms with Gasteiger partial charge in [0.1, 0.15) is 0 Å². The van der Waals surface area contributed by atoms with E-state index >= 15 is 0 Å². The van der Waals surface area contributed by atoms with Crippen molar-refractivity contribution < 1.29 is 9.32 Å². The molecule has 1 unspecified atom stereocenters. The van der Waals surface area contributed by atoms with Crippen molar-refractivity contribution in [2.24, 2.45) is 0 Å². The Labute approximate surface area is 117 Å². The Morgan fingerprint density at radius 1 is 1.50 bits per heavy atom.